The zero-order chi connectivity index (χ0) is 14.3. The summed E-state index contributed by atoms with van der Waals surface area (Å²) in [6, 6.07) is 6.54. The topological polar surface area (TPSA) is 29.5 Å². The molecule has 0 saturated carbocycles. The van der Waals surface area contributed by atoms with Gasteiger partial charge in [-0.05, 0) is 18.2 Å². The van der Waals surface area contributed by atoms with Crippen LogP contribution in [0.4, 0.5) is 8.78 Å². The first-order valence-corrected chi connectivity index (χ1v) is 7.03. The van der Waals surface area contributed by atoms with Crippen molar-refractivity contribution in [1.82, 2.24) is 4.90 Å². The maximum atomic E-state index is 12.3. The zero-order valence-electron chi connectivity index (χ0n) is 9.99. The lowest BCUT2D eigenvalue weighted by Gasteiger charge is -2.21. The number of halogens is 4. The lowest BCUT2D eigenvalue weighted by atomic mass is 10.3. The quantitative estimate of drug-likeness (QED) is 0.702. The molecule has 0 heterocycles. The number of rotatable bonds is 7. The van der Waals surface area contributed by atoms with E-state index in [0.29, 0.717) is 16.1 Å². The number of alkyl halides is 3. The molecule has 0 N–H and O–H groups in total. The number of ether oxygens (including phenoxy) is 1. The molecule has 1 aromatic rings. The number of carbonyl (C=O) groups excluding carboxylic acids is 1. The van der Waals surface area contributed by atoms with Gasteiger partial charge in [-0.25, -0.2) is 8.78 Å². The molecule has 0 bridgehead atoms. The van der Waals surface area contributed by atoms with Gasteiger partial charge in [0.15, 0.2) is 6.61 Å². The van der Waals surface area contributed by atoms with Crippen molar-refractivity contribution in [3.63, 3.8) is 0 Å². The maximum absolute atomic E-state index is 12.3. The molecule has 0 aliphatic heterocycles. The summed E-state index contributed by atoms with van der Waals surface area (Å²) in [4.78, 5) is 12.8. The largest absolute Gasteiger partial charge is 0.484 e. The van der Waals surface area contributed by atoms with Crippen molar-refractivity contribution in [3.05, 3.63) is 29.3 Å². The van der Waals surface area contributed by atoms with Crippen LogP contribution in [0.1, 0.15) is 0 Å². The van der Waals surface area contributed by atoms with Gasteiger partial charge < -0.3 is 9.64 Å². The Morgan fingerprint density at radius 1 is 1.47 bits per heavy atom. The van der Waals surface area contributed by atoms with E-state index in [-0.39, 0.29) is 13.2 Å². The summed E-state index contributed by atoms with van der Waals surface area (Å²) in [5.74, 6) is -0.0589. The second kappa shape index (κ2) is 8.32. The van der Waals surface area contributed by atoms with Crippen LogP contribution in [0.2, 0.25) is 5.02 Å². The second-order valence-electron chi connectivity index (χ2n) is 3.67. The highest BCUT2D eigenvalue weighted by Crippen LogP contribution is 2.17. The molecule has 0 atom stereocenters. The Bertz CT molecular complexity index is 420. The molecule has 0 aliphatic rings. The highest BCUT2D eigenvalue weighted by Gasteiger charge is 2.18. The third-order valence-corrected chi connectivity index (χ3v) is 2.81. The van der Waals surface area contributed by atoms with E-state index in [0.717, 1.165) is 4.90 Å². The van der Waals surface area contributed by atoms with E-state index in [1.807, 2.05) is 0 Å². The Labute approximate surface area is 123 Å². The summed E-state index contributed by atoms with van der Waals surface area (Å²) >= 11 is 8.88. The fraction of sp³-hybridized carbons (Fsp3) is 0.417. The van der Waals surface area contributed by atoms with Gasteiger partial charge in [-0.15, -0.1) is 0 Å². The fourth-order valence-corrected chi connectivity index (χ4v) is 1.99. The molecule has 19 heavy (non-hydrogen) atoms. The molecule has 1 aromatic carbocycles. The maximum Gasteiger partial charge on any atom is 0.260 e. The number of carbonyl (C=O) groups is 1. The van der Waals surface area contributed by atoms with Crippen LogP contribution in [0.3, 0.4) is 0 Å². The summed E-state index contributed by atoms with van der Waals surface area (Å²) < 4.78 is 29.9. The fourth-order valence-electron chi connectivity index (χ4n) is 1.38. The average molecular weight is 357 g/mol. The molecule has 0 aliphatic carbocycles. The van der Waals surface area contributed by atoms with Crippen molar-refractivity contribution in [3.8, 4) is 5.75 Å². The Balaban J connectivity index is 2.52. The monoisotopic (exact) mass is 355 g/mol. The van der Waals surface area contributed by atoms with Crippen LogP contribution in [-0.2, 0) is 4.79 Å². The van der Waals surface area contributed by atoms with Crippen LogP contribution in [0.25, 0.3) is 0 Å². The summed E-state index contributed by atoms with van der Waals surface area (Å²) in [6.45, 7) is -0.675. The molecule has 1 rings (SSSR count). The first-order valence-electron chi connectivity index (χ1n) is 5.53. The molecular formula is C12H13BrClF2NO2. The molecule has 0 saturated heterocycles. The first-order chi connectivity index (χ1) is 9.02. The lowest BCUT2D eigenvalue weighted by Crippen LogP contribution is -2.39. The van der Waals surface area contributed by atoms with Crippen LogP contribution in [0.5, 0.6) is 5.75 Å². The average Bonchev–Trinajstić information content (AvgIpc) is 2.35. The van der Waals surface area contributed by atoms with Crippen LogP contribution < -0.4 is 4.74 Å². The van der Waals surface area contributed by atoms with Gasteiger partial charge in [0.1, 0.15) is 5.75 Å². The lowest BCUT2D eigenvalue weighted by molar-refractivity contribution is -0.135. The molecular weight excluding hydrogens is 343 g/mol. The van der Waals surface area contributed by atoms with E-state index in [1.165, 1.54) is 0 Å². The summed E-state index contributed by atoms with van der Waals surface area (Å²) in [6.07, 6.45) is -2.56. The zero-order valence-corrected chi connectivity index (χ0v) is 12.3. The number of nitrogens with zero attached hydrogens (tertiary/aromatic N) is 1. The van der Waals surface area contributed by atoms with Gasteiger partial charge in [0, 0.05) is 16.9 Å². The van der Waals surface area contributed by atoms with Crippen LogP contribution in [0.15, 0.2) is 24.3 Å². The molecule has 0 spiro atoms. The summed E-state index contributed by atoms with van der Waals surface area (Å²) in [7, 11) is 0. The first kappa shape index (κ1) is 16.2. The Morgan fingerprint density at radius 2 is 2.21 bits per heavy atom. The van der Waals surface area contributed by atoms with Crippen molar-refractivity contribution in [2.75, 3.05) is 25.0 Å². The third-order valence-electron chi connectivity index (χ3n) is 2.22. The Hall–Kier alpha value is -0.880. The number of benzene rings is 1. The molecule has 0 unspecified atom stereocenters. The molecule has 3 nitrogen and oxygen atoms in total. The normalized spacial score (nSPS) is 10.6. The predicted molar refractivity (Wildman–Crippen MR) is 73.3 cm³/mol. The van der Waals surface area contributed by atoms with Crippen molar-refractivity contribution in [1.29, 1.82) is 0 Å². The highest BCUT2D eigenvalue weighted by molar-refractivity contribution is 9.09. The number of hydrogen-bond donors (Lipinski definition) is 0. The predicted octanol–water partition coefficient (Wildman–Crippen LogP) is 3.21. The van der Waals surface area contributed by atoms with Crippen LogP contribution in [0, 0.1) is 0 Å². The second-order valence-corrected chi connectivity index (χ2v) is 4.90. The van der Waals surface area contributed by atoms with Crippen molar-refractivity contribution < 1.29 is 18.3 Å². The smallest absolute Gasteiger partial charge is 0.260 e. The van der Waals surface area contributed by atoms with Gasteiger partial charge in [-0.2, -0.15) is 0 Å². The SMILES string of the molecule is O=C(COc1cccc(Cl)c1)N(CCBr)CC(F)F. The third kappa shape index (κ3) is 6.20. The van der Waals surface area contributed by atoms with Gasteiger partial charge in [0.05, 0.1) is 6.54 Å². The van der Waals surface area contributed by atoms with Crippen LogP contribution >= 0.6 is 27.5 Å². The van der Waals surface area contributed by atoms with Gasteiger partial charge in [-0.3, -0.25) is 4.79 Å². The minimum Gasteiger partial charge on any atom is -0.484 e. The van der Waals surface area contributed by atoms with E-state index < -0.39 is 18.9 Å². The molecule has 0 fully saturated rings. The Morgan fingerprint density at radius 3 is 2.79 bits per heavy atom. The molecule has 106 valence electrons. The Kier molecular flexibility index (Phi) is 7.09. The van der Waals surface area contributed by atoms with Crippen molar-refractivity contribution >= 4 is 33.4 Å². The van der Waals surface area contributed by atoms with E-state index in [1.54, 1.807) is 24.3 Å². The molecule has 7 heteroatoms. The van der Waals surface area contributed by atoms with Crippen LogP contribution in [-0.4, -0.2) is 42.3 Å². The van der Waals surface area contributed by atoms with E-state index in [2.05, 4.69) is 15.9 Å². The minimum atomic E-state index is -2.56. The molecule has 1 amide bonds. The van der Waals surface area contributed by atoms with Crippen molar-refractivity contribution in [2.24, 2.45) is 0 Å². The number of hydrogen-bond acceptors (Lipinski definition) is 2. The number of amides is 1. The van der Waals surface area contributed by atoms with Gasteiger partial charge in [-0.1, -0.05) is 33.6 Å². The van der Waals surface area contributed by atoms with E-state index in [9.17, 15) is 13.6 Å². The van der Waals surface area contributed by atoms with E-state index in [4.69, 9.17) is 16.3 Å². The molecule has 0 radical (unpaired) electrons. The van der Waals surface area contributed by atoms with E-state index >= 15 is 0 Å². The summed E-state index contributed by atoms with van der Waals surface area (Å²) in [5, 5.41) is 0.914. The molecule has 0 aromatic heterocycles. The van der Waals surface area contributed by atoms with Gasteiger partial charge in [0.25, 0.3) is 12.3 Å². The van der Waals surface area contributed by atoms with Gasteiger partial charge in [0.2, 0.25) is 0 Å². The van der Waals surface area contributed by atoms with Gasteiger partial charge >= 0.3 is 0 Å². The highest BCUT2D eigenvalue weighted by atomic mass is 79.9. The van der Waals surface area contributed by atoms with Crippen molar-refractivity contribution in [2.45, 2.75) is 6.43 Å². The summed E-state index contributed by atoms with van der Waals surface area (Å²) in [5.41, 5.74) is 0. The standard InChI is InChI=1S/C12H13BrClF2NO2/c13-4-5-17(7-11(15)16)12(18)8-19-10-3-1-2-9(14)6-10/h1-3,6,11H,4-5,7-8H2. The minimum absolute atomic E-state index is 0.210.